The lowest BCUT2D eigenvalue weighted by Gasteiger charge is -2.20. The lowest BCUT2D eigenvalue weighted by atomic mass is 9.98. The van der Waals surface area contributed by atoms with Crippen LogP contribution < -0.4 is 20.5 Å². The maximum absolute atomic E-state index is 12.6. The Kier molecular flexibility index (Phi) is 8.94. The molecule has 0 amide bonds. The second kappa shape index (κ2) is 11.9. The Morgan fingerprint density at radius 3 is 2.56 bits per heavy atom. The van der Waals surface area contributed by atoms with Crippen LogP contribution in [0.5, 0.6) is 11.8 Å². The Bertz CT molecular complexity index is 1140. The van der Waals surface area contributed by atoms with E-state index < -0.39 is 12.8 Å². The van der Waals surface area contributed by atoms with Gasteiger partial charge in [0.15, 0.2) is 12.3 Å². The summed E-state index contributed by atoms with van der Waals surface area (Å²) in [6, 6.07) is 4.89. The van der Waals surface area contributed by atoms with Gasteiger partial charge in [0.1, 0.15) is 0 Å². The number of nitrogens with zero attached hydrogens (tertiary/aromatic N) is 5. The number of aromatic nitrogens is 5. The molecule has 3 heterocycles. The minimum Gasteiger partial charge on any atom is -0.480 e. The lowest BCUT2D eigenvalue weighted by Crippen LogP contribution is -2.25. The predicted molar refractivity (Wildman–Crippen MR) is 131 cm³/mol. The Labute approximate surface area is 207 Å². The van der Waals surface area contributed by atoms with Crippen molar-refractivity contribution in [1.29, 1.82) is 0 Å². The van der Waals surface area contributed by atoms with E-state index >= 15 is 0 Å². The van der Waals surface area contributed by atoms with Crippen molar-refractivity contribution in [2.45, 2.75) is 57.7 Å². The van der Waals surface area contributed by atoms with Crippen LogP contribution in [0.3, 0.4) is 0 Å². The minimum absolute atomic E-state index is 0.0169. The molecule has 1 fully saturated rings. The van der Waals surface area contributed by atoms with Crippen LogP contribution in [0.25, 0.3) is 5.65 Å². The van der Waals surface area contributed by atoms with Crippen molar-refractivity contribution < 1.29 is 22.6 Å². The maximum Gasteiger partial charge on any atom is 0.422 e. The molecule has 9 nitrogen and oxygen atoms in total. The van der Waals surface area contributed by atoms with E-state index in [9.17, 15) is 13.2 Å². The summed E-state index contributed by atoms with van der Waals surface area (Å²) in [5, 5.41) is 14.8. The molecule has 3 aromatic heterocycles. The fraction of sp³-hybridized carbons (Fsp3) is 0.500. The first-order chi connectivity index (χ1) is 17.1. The van der Waals surface area contributed by atoms with Crippen LogP contribution in [0, 0.1) is 5.92 Å². The Morgan fingerprint density at radius 1 is 1.28 bits per heavy atom. The smallest absolute Gasteiger partial charge is 0.422 e. The number of ether oxygens (including phenoxy) is 2. The average molecular weight is 508 g/mol. The van der Waals surface area contributed by atoms with Gasteiger partial charge in [0.2, 0.25) is 17.7 Å². The second-order valence-electron chi connectivity index (χ2n) is 8.84. The first kappa shape index (κ1) is 27.0. The van der Waals surface area contributed by atoms with E-state index in [-0.39, 0.29) is 17.8 Å². The summed E-state index contributed by atoms with van der Waals surface area (Å²) in [5.41, 5.74) is 7.30. The van der Waals surface area contributed by atoms with E-state index in [4.69, 9.17) is 15.2 Å². The fourth-order valence-electron chi connectivity index (χ4n) is 4.03. The van der Waals surface area contributed by atoms with Crippen molar-refractivity contribution in [3.05, 3.63) is 42.6 Å². The Balaban J connectivity index is 0.000000338. The summed E-state index contributed by atoms with van der Waals surface area (Å²) in [6.45, 7) is 6.53. The summed E-state index contributed by atoms with van der Waals surface area (Å²) in [4.78, 5) is 4.53. The summed E-state index contributed by atoms with van der Waals surface area (Å²) in [5.74, 6) is 1.45. The normalized spacial score (nSPS) is 14.9. The molecule has 1 saturated carbocycles. The third kappa shape index (κ3) is 7.22. The number of fused-ring (bicyclic) bond motifs is 1. The summed E-state index contributed by atoms with van der Waals surface area (Å²) in [7, 11) is 1.52. The maximum atomic E-state index is 12.6. The van der Waals surface area contributed by atoms with Crippen molar-refractivity contribution in [3.8, 4) is 11.8 Å². The number of nitrogens with two attached hydrogens (primary N) is 1. The molecule has 3 N–H and O–H groups in total. The predicted octanol–water partition coefficient (Wildman–Crippen LogP) is 5.02. The van der Waals surface area contributed by atoms with Crippen LogP contribution in [0.2, 0.25) is 0 Å². The number of nitrogens with one attached hydrogen (secondary N) is 1. The number of pyridine rings is 1. The van der Waals surface area contributed by atoms with E-state index in [1.54, 1.807) is 12.1 Å². The molecule has 0 saturated heterocycles. The highest BCUT2D eigenvalue weighted by molar-refractivity contribution is 5.55. The molecule has 3 aromatic rings. The molecule has 0 aromatic carbocycles. The van der Waals surface area contributed by atoms with Gasteiger partial charge in [-0.1, -0.05) is 32.8 Å². The van der Waals surface area contributed by atoms with Crippen LogP contribution in [0.15, 0.2) is 37.1 Å². The fourth-order valence-corrected chi connectivity index (χ4v) is 4.03. The Morgan fingerprint density at radius 2 is 2.00 bits per heavy atom. The van der Waals surface area contributed by atoms with Gasteiger partial charge in [-0.05, 0) is 36.3 Å². The molecule has 1 atom stereocenters. The van der Waals surface area contributed by atoms with Crippen LogP contribution in [0.4, 0.5) is 24.8 Å². The first-order valence-electron chi connectivity index (χ1n) is 11.7. The van der Waals surface area contributed by atoms with Gasteiger partial charge in [-0.3, -0.25) is 0 Å². The molecule has 0 unspecified atom stereocenters. The van der Waals surface area contributed by atoms with Crippen molar-refractivity contribution >= 4 is 17.3 Å². The number of halogens is 3. The van der Waals surface area contributed by atoms with E-state index in [0.29, 0.717) is 29.1 Å². The average Bonchev–Trinajstić information content (AvgIpc) is 3.51. The van der Waals surface area contributed by atoms with Crippen LogP contribution in [-0.4, -0.2) is 50.7 Å². The van der Waals surface area contributed by atoms with Gasteiger partial charge in [-0.25, -0.2) is 0 Å². The zero-order valence-corrected chi connectivity index (χ0v) is 20.6. The van der Waals surface area contributed by atoms with Gasteiger partial charge in [0, 0.05) is 18.2 Å². The molecule has 0 radical (unpaired) electrons. The largest absolute Gasteiger partial charge is 0.480 e. The topological polar surface area (TPSA) is 112 Å². The van der Waals surface area contributed by atoms with Gasteiger partial charge in [0.05, 0.1) is 19.0 Å². The molecular formula is C24H32F3N7O2. The molecule has 0 aliphatic heterocycles. The lowest BCUT2D eigenvalue weighted by molar-refractivity contribution is -0.154. The summed E-state index contributed by atoms with van der Waals surface area (Å²) >= 11 is 0. The zero-order valence-electron chi connectivity index (χ0n) is 20.6. The van der Waals surface area contributed by atoms with Gasteiger partial charge < -0.3 is 20.5 Å². The number of rotatable bonds is 8. The quantitative estimate of drug-likeness (QED) is 0.409. The van der Waals surface area contributed by atoms with Gasteiger partial charge >= 0.3 is 6.18 Å². The minimum atomic E-state index is -4.42. The molecule has 1 aliphatic rings. The third-order valence-corrected chi connectivity index (χ3v) is 5.81. The monoisotopic (exact) mass is 507 g/mol. The second-order valence-corrected chi connectivity index (χ2v) is 8.84. The molecule has 12 heteroatoms. The van der Waals surface area contributed by atoms with Gasteiger partial charge in [-0.2, -0.15) is 27.8 Å². The molecule has 0 bridgehead atoms. The number of nitrogen functional groups attached to an aromatic ring is 1. The van der Waals surface area contributed by atoms with Crippen LogP contribution >= 0.6 is 0 Å². The number of hydrogen-bond donors (Lipinski definition) is 2. The molecule has 0 spiro atoms. The molecule has 196 valence electrons. The highest BCUT2D eigenvalue weighted by Crippen LogP contribution is 2.31. The number of anilines is 2. The highest BCUT2D eigenvalue weighted by Gasteiger charge is 2.29. The van der Waals surface area contributed by atoms with E-state index in [2.05, 4.69) is 32.2 Å². The van der Waals surface area contributed by atoms with E-state index in [1.807, 2.05) is 19.9 Å². The van der Waals surface area contributed by atoms with Crippen LogP contribution in [-0.2, 0) is 0 Å². The van der Waals surface area contributed by atoms with Crippen molar-refractivity contribution in [3.63, 3.8) is 0 Å². The van der Waals surface area contributed by atoms with Crippen LogP contribution in [0.1, 0.15) is 51.0 Å². The van der Waals surface area contributed by atoms with E-state index in [1.165, 1.54) is 36.7 Å². The number of alkyl halides is 3. The van der Waals surface area contributed by atoms with Crippen molar-refractivity contribution in [2.75, 3.05) is 24.8 Å². The molecular weight excluding hydrogens is 475 g/mol. The highest BCUT2D eigenvalue weighted by atomic mass is 19.4. The zero-order chi connectivity index (χ0) is 26.3. The number of hydrogen-bond acceptors (Lipinski definition) is 8. The standard InChI is InChI=1S/C19H25F3N4O.C5H7N3O/c1-4-15(13-7-5-6-8-13)23-18-24-17-14(12(2)3)9-10-16(26(17)25-18)27-11-19(20,21)22;1-9-5-2-4(6)3-7-8-5/h4,9-10,12-13,15H,1,5-8,11H2,2-3H3,(H,23,25);2-3H,1H3,(H2,6,8)/t15-;/m1./s1. The van der Waals surface area contributed by atoms with Gasteiger partial charge in [0.25, 0.3) is 0 Å². The summed E-state index contributed by atoms with van der Waals surface area (Å²) in [6.07, 6.45) is 3.53. The van der Waals surface area contributed by atoms with Gasteiger partial charge in [-0.15, -0.1) is 16.8 Å². The third-order valence-electron chi connectivity index (χ3n) is 5.81. The Hall–Kier alpha value is -3.57. The molecule has 4 rings (SSSR count). The first-order valence-corrected chi connectivity index (χ1v) is 11.7. The van der Waals surface area contributed by atoms with Crippen molar-refractivity contribution in [2.24, 2.45) is 5.92 Å². The molecule has 1 aliphatic carbocycles. The summed E-state index contributed by atoms with van der Waals surface area (Å²) < 4.78 is 48.7. The van der Waals surface area contributed by atoms with Crippen molar-refractivity contribution in [1.82, 2.24) is 24.8 Å². The SMILES string of the molecule is C=C[C@@H](Nc1nc2c(C(C)C)ccc(OCC(F)(F)F)n2n1)C1CCCC1.COc1cc(N)cnn1. The number of methoxy groups -OCH3 is 1. The van der Waals surface area contributed by atoms with E-state index in [0.717, 1.165) is 18.4 Å². The molecule has 36 heavy (non-hydrogen) atoms.